The maximum absolute atomic E-state index is 4.81. The summed E-state index contributed by atoms with van der Waals surface area (Å²) >= 11 is 0. The molecule has 0 unspecified atom stereocenters. The van der Waals surface area contributed by atoms with Crippen LogP contribution in [-0.2, 0) is 40.2 Å². The fourth-order valence-electron chi connectivity index (χ4n) is 11.9. The fraction of sp³-hybridized carbons (Fsp3) is 0.0256. The van der Waals surface area contributed by atoms with Crippen molar-refractivity contribution in [2.75, 3.05) is 26.6 Å². The van der Waals surface area contributed by atoms with Crippen LogP contribution in [0.15, 0.2) is 267 Å². The minimum Gasteiger partial charge on any atom is -0.504 e. The quantitative estimate of drug-likeness (QED) is 0.112. The van der Waals surface area contributed by atoms with Gasteiger partial charge in [-0.1, -0.05) is 161 Å². The van der Waals surface area contributed by atoms with E-state index in [2.05, 4.69) is 270 Å². The van der Waals surface area contributed by atoms with Crippen LogP contribution in [0.4, 0.5) is 40.1 Å². The molecular weight excluding hydrogens is 1430 g/mol. The fourth-order valence-corrected chi connectivity index (χ4v) is 11.9. The third kappa shape index (κ3) is 10.9. The van der Waals surface area contributed by atoms with Crippen LogP contribution >= 0.6 is 0 Å². The van der Waals surface area contributed by atoms with Gasteiger partial charge in [0.15, 0.2) is 0 Å². The van der Waals surface area contributed by atoms with Crippen molar-refractivity contribution in [1.82, 2.24) is 19.9 Å². The number of fused-ring (bicyclic) bond motifs is 2. The summed E-state index contributed by atoms with van der Waals surface area (Å²) in [6.45, 7) is 6.36. The van der Waals surface area contributed by atoms with Gasteiger partial charge in [-0.3, -0.25) is 0 Å². The largest absolute Gasteiger partial charge is 3.00 e. The average Bonchev–Trinajstić information content (AvgIpc) is 2.77. The Labute approximate surface area is 540 Å². The zero-order valence-corrected chi connectivity index (χ0v) is 52.6. The molecule has 0 amide bonds. The van der Waals surface area contributed by atoms with Crippen LogP contribution in [0.2, 0.25) is 0 Å². The van der Waals surface area contributed by atoms with Gasteiger partial charge in [0.1, 0.15) is 11.6 Å². The Bertz CT molecular complexity index is 4610. The molecule has 0 atom stereocenters. The number of hydrogen-bond donors (Lipinski definition) is 0. The Morgan fingerprint density at radius 2 is 0.852 bits per heavy atom. The number of anilines is 7. The van der Waals surface area contributed by atoms with E-state index >= 15 is 0 Å². The predicted octanol–water partition coefficient (Wildman–Crippen LogP) is 18.9. The second-order valence-electron chi connectivity index (χ2n) is 21.4. The molecule has 3 aromatic heterocycles. The molecule has 88 heavy (non-hydrogen) atoms. The van der Waals surface area contributed by atoms with Crippen LogP contribution in [0.1, 0.15) is 5.56 Å². The molecule has 2 aliphatic heterocycles. The summed E-state index contributed by atoms with van der Waals surface area (Å²) in [5.41, 5.74) is 24.8. The molecule has 0 bridgehead atoms. The first-order valence-corrected chi connectivity index (χ1v) is 28.6. The van der Waals surface area contributed by atoms with Crippen LogP contribution in [0.25, 0.3) is 100 Å². The summed E-state index contributed by atoms with van der Waals surface area (Å²) in [6.07, 6.45) is 7.17. The van der Waals surface area contributed by atoms with Crippen LogP contribution in [-0.4, -0.2) is 27.0 Å². The first-order chi connectivity index (χ1) is 42.5. The number of para-hydroxylation sites is 3. The van der Waals surface area contributed by atoms with Gasteiger partial charge in [0.25, 0.3) is 0 Å². The van der Waals surface area contributed by atoms with E-state index in [0.29, 0.717) is 0 Å². The number of nitrogens with zero attached hydrogens (tertiary/aromatic N) is 8. The SMILES string of the molecule is Cc1cc(-c2c(-c3c[c-]c(-c4ccccn4)cc3)cccc2-c2c[c-]c(-c3cc(-c4ccccc4)ccn3)cc2)cc(-c2c(-c3c[c-]c(N4[CH-]N(C)c5ccccc54)cc3)cccc2-c2c[c-]c(N3[CH-]N(c4ccccc4)c4nccnc43)cc2)c1.[Ir+3].[Ir+3]. The zero-order valence-electron chi connectivity index (χ0n) is 47.8. The number of aromatic nitrogens is 4. The van der Waals surface area contributed by atoms with E-state index in [1.807, 2.05) is 61.5 Å². The molecule has 422 valence electrons. The number of rotatable bonds is 12. The molecule has 10 heteroatoms. The third-order valence-electron chi connectivity index (χ3n) is 16.0. The summed E-state index contributed by atoms with van der Waals surface area (Å²) in [4.78, 5) is 27.5. The van der Waals surface area contributed by atoms with Crippen molar-refractivity contribution in [1.29, 1.82) is 0 Å². The number of benzene rings is 10. The van der Waals surface area contributed by atoms with Crippen molar-refractivity contribution >= 4 is 40.1 Å². The van der Waals surface area contributed by atoms with Gasteiger partial charge < -0.3 is 29.6 Å². The molecule has 0 N–H and O–H groups in total. The minimum absolute atomic E-state index is 0. The first-order valence-electron chi connectivity index (χ1n) is 28.6. The molecule has 0 fully saturated rings. The van der Waals surface area contributed by atoms with Crippen molar-refractivity contribution in [3.63, 3.8) is 0 Å². The molecule has 0 saturated carbocycles. The zero-order chi connectivity index (χ0) is 57.5. The smallest absolute Gasteiger partial charge is 0.504 e. The second-order valence-corrected chi connectivity index (χ2v) is 21.4. The van der Waals surface area contributed by atoms with Crippen molar-refractivity contribution in [2.45, 2.75) is 6.92 Å². The Hall–Kier alpha value is -9.92. The Kier molecular flexibility index (Phi) is 16.1. The van der Waals surface area contributed by atoms with E-state index in [1.165, 1.54) is 0 Å². The van der Waals surface area contributed by atoms with Crippen LogP contribution in [0, 0.1) is 44.5 Å². The molecule has 0 aliphatic carbocycles. The number of aryl methyl sites for hydroxylation is 1. The van der Waals surface area contributed by atoms with Crippen molar-refractivity contribution in [3.8, 4) is 100 Å². The van der Waals surface area contributed by atoms with Crippen LogP contribution < -0.4 is 19.6 Å². The molecule has 0 spiro atoms. The van der Waals surface area contributed by atoms with Gasteiger partial charge >= 0.3 is 40.2 Å². The predicted molar refractivity (Wildman–Crippen MR) is 349 cm³/mol. The molecule has 15 rings (SSSR count). The molecule has 13 aromatic rings. The molecule has 0 radical (unpaired) electrons. The normalized spacial score (nSPS) is 12.3. The van der Waals surface area contributed by atoms with E-state index < -0.39 is 0 Å². The Morgan fingerprint density at radius 1 is 0.341 bits per heavy atom. The molecular formula is C78H52Ir2N8. The Morgan fingerprint density at radius 3 is 1.41 bits per heavy atom. The third-order valence-corrected chi connectivity index (χ3v) is 16.0. The maximum atomic E-state index is 4.81. The van der Waals surface area contributed by atoms with Gasteiger partial charge in [0.2, 0.25) is 0 Å². The van der Waals surface area contributed by atoms with E-state index in [0.717, 1.165) is 146 Å². The van der Waals surface area contributed by atoms with E-state index in [4.69, 9.17) is 15.0 Å². The molecule has 5 heterocycles. The molecule has 2 aliphatic rings. The number of hydrogen-bond acceptors (Lipinski definition) is 8. The van der Waals surface area contributed by atoms with Crippen molar-refractivity contribution in [3.05, 3.63) is 311 Å². The summed E-state index contributed by atoms with van der Waals surface area (Å²) in [7, 11) is 2.08. The van der Waals surface area contributed by atoms with E-state index in [-0.39, 0.29) is 40.2 Å². The van der Waals surface area contributed by atoms with Gasteiger partial charge in [0.05, 0.1) is 0 Å². The molecule has 10 aromatic carbocycles. The van der Waals surface area contributed by atoms with Crippen LogP contribution in [0.5, 0.6) is 0 Å². The van der Waals surface area contributed by atoms with Crippen molar-refractivity contribution in [2.24, 2.45) is 0 Å². The summed E-state index contributed by atoms with van der Waals surface area (Å²) in [6, 6.07) is 100.0. The van der Waals surface area contributed by atoms with E-state index in [1.54, 1.807) is 12.4 Å². The summed E-state index contributed by atoms with van der Waals surface area (Å²) in [5.74, 6) is 1.49. The Balaban J connectivity index is 0.00000357. The molecule has 0 saturated heterocycles. The van der Waals surface area contributed by atoms with Gasteiger partial charge in [-0.2, -0.15) is 43.1 Å². The van der Waals surface area contributed by atoms with Gasteiger partial charge in [-0.05, 0) is 107 Å². The van der Waals surface area contributed by atoms with Gasteiger partial charge in [-0.15, -0.1) is 101 Å². The second kappa shape index (κ2) is 24.8. The average molecular weight is 1490 g/mol. The summed E-state index contributed by atoms with van der Waals surface area (Å²) in [5, 5.41) is 0. The van der Waals surface area contributed by atoms with Crippen molar-refractivity contribution < 1.29 is 40.2 Å². The van der Waals surface area contributed by atoms with Gasteiger partial charge in [0, 0.05) is 41.8 Å². The minimum atomic E-state index is 0. The van der Waals surface area contributed by atoms with Gasteiger partial charge in [-0.25, -0.2) is 9.97 Å². The monoisotopic (exact) mass is 1490 g/mol. The molecule has 8 nitrogen and oxygen atoms in total. The maximum Gasteiger partial charge on any atom is 3.00 e. The topological polar surface area (TPSA) is 64.5 Å². The summed E-state index contributed by atoms with van der Waals surface area (Å²) < 4.78 is 0. The first kappa shape index (κ1) is 57.2. The van der Waals surface area contributed by atoms with Crippen LogP contribution in [0.3, 0.4) is 0 Å². The number of pyridine rings is 2. The van der Waals surface area contributed by atoms with E-state index in [9.17, 15) is 0 Å². The standard InChI is InChI=1S/C78H52N8.2Ir/c1-53-47-62(75-67(55-26-30-59(31-27-55)71-23-11-12-43-79-71)19-13-20-68(75)56-28-32-60(33-29-56)72-50-61(42-44-80-72)54-15-5-3-6-16-54)49-63(48-53)76-69(57-34-38-65(39-35-57)84-51-83(2)73-24-9-10-25-74(73)84)21-14-22-70(76)58-36-40-66(41-37-58)86-52-85(64-17-7-4-8-18-64)77-78(86)82-46-45-81-77;;/h3-30,32,34-38,40,42-52H,1-2H3;;/q-6;2*+3.